The summed E-state index contributed by atoms with van der Waals surface area (Å²) in [6.45, 7) is 2.09. The Labute approximate surface area is 117 Å². The molecule has 108 valence electrons. The van der Waals surface area contributed by atoms with E-state index in [9.17, 15) is 19.8 Å². The van der Waals surface area contributed by atoms with Crippen LogP contribution in [0, 0.1) is 5.41 Å². The molecule has 1 heterocycles. The van der Waals surface area contributed by atoms with Crippen molar-refractivity contribution in [3.63, 3.8) is 0 Å². The monoisotopic (exact) mass is 278 g/mol. The summed E-state index contributed by atoms with van der Waals surface area (Å²) in [4.78, 5) is 23.7. The number of hydrogen-bond donors (Lipinski definition) is 3. The third kappa shape index (κ3) is 2.91. The predicted octanol–water partition coefficient (Wildman–Crippen LogP) is 1.58. The van der Waals surface area contributed by atoms with Crippen molar-refractivity contribution < 1.29 is 19.8 Å². The van der Waals surface area contributed by atoms with Gasteiger partial charge in [0.15, 0.2) is 0 Å². The normalized spacial score (nSPS) is 25.6. The molecule has 2 atom stereocenters. The lowest BCUT2D eigenvalue weighted by atomic mass is 9.89. The van der Waals surface area contributed by atoms with Crippen LogP contribution in [0.4, 0.5) is 4.79 Å². The van der Waals surface area contributed by atoms with E-state index in [1.807, 2.05) is 30.3 Å². The van der Waals surface area contributed by atoms with Crippen LogP contribution in [-0.4, -0.2) is 39.9 Å². The van der Waals surface area contributed by atoms with Crippen molar-refractivity contribution in [3.8, 4) is 0 Å². The maximum atomic E-state index is 11.3. The van der Waals surface area contributed by atoms with Crippen LogP contribution in [0.15, 0.2) is 30.3 Å². The van der Waals surface area contributed by atoms with Gasteiger partial charge in [0.2, 0.25) is 0 Å². The summed E-state index contributed by atoms with van der Waals surface area (Å²) < 4.78 is 0. The van der Waals surface area contributed by atoms with E-state index in [1.54, 1.807) is 6.92 Å². The van der Waals surface area contributed by atoms with Gasteiger partial charge in [-0.05, 0) is 18.9 Å². The highest BCUT2D eigenvalue weighted by Gasteiger charge is 2.47. The summed E-state index contributed by atoms with van der Waals surface area (Å²) in [6, 6.07) is 9.58. The molecule has 1 amide bonds. The van der Waals surface area contributed by atoms with Gasteiger partial charge in [-0.1, -0.05) is 30.3 Å². The van der Waals surface area contributed by atoms with Crippen molar-refractivity contribution in [2.45, 2.75) is 26.1 Å². The summed E-state index contributed by atoms with van der Waals surface area (Å²) in [5, 5.41) is 21.5. The van der Waals surface area contributed by atoms with Crippen LogP contribution in [0.25, 0.3) is 0 Å². The van der Waals surface area contributed by atoms with E-state index in [4.69, 9.17) is 0 Å². The number of benzene rings is 1. The minimum Gasteiger partial charge on any atom is -0.481 e. The van der Waals surface area contributed by atoms with Crippen molar-refractivity contribution in [2.75, 3.05) is 6.54 Å². The maximum absolute atomic E-state index is 11.3. The van der Waals surface area contributed by atoms with Crippen LogP contribution < -0.4 is 5.32 Å². The Morgan fingerprint density at radius 1 is 1.35 bits per heavy atom. The van der Waals surface area contributed by atoms with Gasteiger partial charge in [0, 0.05) is 13.1 Å². The molecule has 1 fully saturated rings. The lowest BCUT2D eigenvalue weighted by Gasteiger charge is -2.22. The number of carboxylic acid groups (broad SMARTS) is 2. The fraction of sp³-hybridized carbons (Fsp3) is 0.429. The predicted molar refractivity (Wildman–Crippen MR) is 72.2 cm³/mol. The van der Waals surface area contributed by atoms with Crippen LogP contribution in [0.3, 0.4) is 0 Å². The molecular formula is C14H18N2O4. The number of hydrogen-bond acceptors (Lipinski definition) is 3. The Kier molecular flexibility index (Phi) is 3.94. The first-order chi connectivity index (χ1) is 9.42. The minimum absolute atomic E-state index is 0.00409. The van der Waals surface area contributed by atoms with E-state index in [0.29, 0.717) is 6.54 Å². The van der Waals surface area contributed by atoms with Crippen LogP contribution in [0.2, 0.25) is 0 Å². The zero-order valence-corrected chi connectivity index (χ0v) is 11.2. The van der Waals surface area contributed by atoms with E-state index in [-0.39, 0.29) is 13.0 Å². The Bertz CT molecular complexity index is 505. The number of nitrogens with one attached hydrogen (secondary N) is 1. The highest BCUT2D eigenvalue weighted by molar-refractivity contribution is 5.77. The Morgan fingerprint density at radius 2 is 2.00 bits per heavy atom. The zero-order valence-electron chi connectivity index (χ0n) is 11.2. The largest absolute Gasteiger partial charge is 0.481 e. The maximum Gasteiger partial charge on any atom is 0.408 e. The number of likely N-dealkylation sites (tertiary alicyclic amines) is 1. The topological polar surface area (TPSA) is 89.9 Å². The van der Waals surface area contributed by atoms with Gasteiger partial charge in [-0.25, -0.2) is 4.79 Å². The third-order valence-corrected chi connectivity index (χ3v) is 3.69. The van der Waals surface area contributed by atoms with Gasteiger partial charge in [0.25, 0.3) is 0 Å². The van der Waals surface area contributed by atoms with Crippen molar-refractivity contribution in [1.29, 1.82) is 0 Å². The highest BCUT2D eigenvalue weighted by Crippen LogP contribution is 2.33. The fourth-order valence-electron chi connectivity index (χ4n) is 2.46. The molecule has 1 aromatic carbocycles. The van der Waals surface area contributed by atoms with Crippen molar-refractivity contribution in [1.82, 2.24) is 10.2 Å². The zero-order chi connectivity index (χ0) is 14.8. The minimum atomic E-state index is -1.10. The second-order valence-electron chi connectivity index (χ2n) is 5.36. The lowest BCUT2D eigenvalue weighted by molar-refractivity contribution is -0.147. The Hall–Kier alpha value is -2.08. The molecule has 3 N–H and O–H groups in total. The first kappa shape index (κ1) is 14.3. The first-order valence-corrected chi connectivity index (χ1v) is 6.43. The molecule has 6 nitrogen and oxygen atoms in total. The third-order valence-electron chi connectivity index (χ3n) is 3.69. The van der Waals surface area contributed by atoms with Gasteiger partial charge in [-0.2, -0.15) is 0 Å². The van der Waals surface area contributed by atoms with Crippen LogP contribution in [0.1, 0.15) is 18.9 Å². The second-order valence-corrected chi connectivity index (χ2v) is 5.36. The van der Waals surface area contributed by atoms with E-state index in [1.165, 1.54) is 0 Å². The molecule has 2 unspecified atom stereocenters. The number of carbonyl (C=O) groups is 2. The van der Waals surface area contributed by atoms with Gasteiger partial charge in [0.1, 0.15) is 0 Å². The molecule has 2 rings (SSSR count). The number of aliphatic carboxylic acids is 1. The van der Waals surface area contributed by atoms with Crippen molar-refractivity contribution in [2.24, 2.45) is 5.41 Å². The van der Waals surface area contributed by atoms with Gasteiger partial charge < -0.3 is 10.2 Å². The molecule has 0 radical (unpaired) electrons. The number of carboxylic acids is 1. The van der Waals surface area contributed by atoms with Crippen LogP contribution in [0.5, 0.6) is 0 Å². The van der Waals surface area contributed by atoms with Gasteiger partial charge >= 0.3 is 12.1 Å². The average Bonchev–Trinajstić information content (AvgIpc) is 2.77. The van der Waals surface area contributed by atoms with Gasteiger partial charge in [-0.3, -0.25) is 15.0 Å². The average molecular weight is 278 g/mol. The molecule has 0 spiro atoms. The molecule has 1 aliphatic heterocycles. The molecule has 1 aromatic rings. The highest BCUT2D eigenvalue weighted by atomic mass is 16.4. The van der Waals surface area contributed by atoms with E-state index >= 15 is 0 Å². The molecular weight excluding hydrogens is 260 g/mol. The standard InChI is InChI=1S/C14H18N2O4/c1-14(12(17)18)7-11(16(9-14)13(19)20)15-8-10-5-3-2-4-6-10/h2-6,11,15H,7-9H2,1H3,(H,17,18)(H,19,20). The smallest absolute Gasteiger partial charge is 0.408 e. The van der Waals surface area contributed by atoms with E-state index < -0.39 is 23.6 Å². The van der Waals surface area contributed by atoms with Crippen LogP contribution >= 0.6 is 0 Å². The number of nitrogens with zero attached hydrogens (tertiary/aromatic N) is 1. The molecule has 20 heavy (non-hydrogen) atoms. The number of amides is 1. The molecule has 0 aliphatic carbocycles. The summed E-state index contributed by atoms with van der Waals surface area (Å²) in [5.74, 6) is -0.965. The molecule has 1 aliphatic rings. The Balaban J connectivity index is 2.05. The molecule has 0 bridgehead atoms. The first-order valence-electron chi connectivity index (χ1n) is 6.43. The van der Waals surface area contributed by atoms with Gasteiger partial charge in [-0.15, -0.1) is 0 Å². The second kappa shape index (κ2) is 5.50. The van der Waals surface area contributed by atoms with E-state index in [2.05, 4.69) is 5.32 Å². The lowest BCUT2D eigenvalue weighted by Crippen LogP contribution is -2.43. The summed E-state index contributed by atoms with van der Waals surface area (Å²) in [6.07, 6.45) is -1.31. The van der Waals surface area contributed by atoms with Crippen molar-refractivity contribution >= 4 is 12.1 Å². The van der Waals surface area contributed by atoms with E-state index in [0.717, 1.165) is 10.5 Å². The number of rotatable bonds is 4. The summed E-state index contributed by atoms with van der Waals surface area (Å²) in [5.41, 5.74) is -0.00556. The molecule has 1 saturated heterocycles. The Morgan fingerprint density at radius 3 is 2.55 bits per heavy atom. The summed E-state index contributed by atoms with van der Waals surface area (Å²) in [7, 11) is 0. The summed E-state index contributed by atoms with van der Waals surface area (Å²) >= 11 is 0. The molecule has 0 saturated carbocycles. The fourth-order valence-corrected chi connectivity index (χ4v) is 2.46. The molecule has 0 aromatic heterocycles. The van der Waals surface area contributed by atoms with Gasteiger partial charge in [0.05, 0.1) is 11.6 Å². The molecule has 6 heteroatoms. The van der Waals surface area contributed by atoms with Crippen LogP contribution in [-0.2, 0) is 11.3 Å². The van der Waals surface area contributed by atoms with Crippen molar-refractivity contribution in [3.05, 3.63) is 35.9 Å². The quantitative estimate of drug-likeness (QED) is 0.778. The SMILES string of the molecule is CC1(C(=O)O)CC(NCc2ccccc2)N(C(=O)O)C1.